The number of unbranched alkanes of at least 4 members (excludes halogenated alkanes) is 12. The standard InChI is InChI=1S/C49H83O12P/c1-3-5-7-9-11-13-15-17-19-20-21-22-23-24-25-26-28-30-32-34-36-38-43(50)60-42(40-58-39-37-35-33-31-29-27-18-16-14-12-10-8-6-4-2)41-59-62(56,57)61-49-47(54)45(52)44(51)46(53)48(49)55/h5-8,11-14,17-19,21-22,27,42,44-49,51-55H,3-4,9-10,15-16,20,23-26,28-41H2,1-2H3,(H,56,57)/b7-5-,8-6-,13-11-,14-12-,19-17-,22-21-,27-18-. The Labute approximate surface area is 373 Å². The van der Waals surface area contributed by atoms with Gasteiger partial charge in [-0.15, -0.1) is 0 Å². The molecule has 12 nitrogen and oxygen atoms in total. The van der Waals surface area contributed by atoms with Crippen LogP contribution in [0.25, 0.3) is 0 Å². The van der Waals surface area contributed by atoms with Crippen molar-refractivity contribution in [3.63, 3.8) is 0 Å². The highest BCUT2D eigenvalue weighted by molar-refractivity contribution is 7.47. The van der Waals surface area contributed by atoms with Crippen LogP contribution in [0.5, 0.6) is 0 Å². The van der Waals surface area contributed by atoms with Crippen molar-refractivity contribution in [1.29, 1.82) is 0 Å². The highest BCUT2D eigenvalue weighted by Gasteiger charge is 2.51. The second kappa shape index (κ2) is 38.9. The van der Waals surface area contributed by atoms with E-state index in [0.29, 0.717) is 13.0 Å². The minimum atomic E-state index is -5.03. The minimum absolute atomic E-state index is 0.100. The lowest BCUT2D eigenvalue weighted by molar-refractivity contribution is -0.220. The van der Waals surface area contributed by atoms with Crippen LogP contribution in [0.1, 0.15) is 155 Å². The Morgan fingerprint density at radius 3 is 1.37 bits per heavy atom. The molecule has 6 N–H and O–H groups in total. The van der Waals surface area contributed by atoms with E-state index in [9.17, 15) is 39.8 Å². The quantitative estimate of drug-likeness (QED) is 0.0149. The second-order valence-electron chi connectivity index (χ2n) is 15.8. The van der Waals surface area contributed by atoms with Gasteiger partial charge in [0, 0.05) is 13.0 Å². The Morgan fingerprint density at radius 2 is 0.903 bits per heavy atom. The average molecular weight is 895 g/mol. The molecule has 0 spiro atoms. The largest absolute Gasteiger partial charge is 0.472 e. The molecule has 1 rings (SSSR count). The fourth-order valence-electron chi connectivity index (χ4n) is 6.59. The molecular weight excluding hydrogens is 812 g/mol. The zero-order valence-corrected chi connectivity index (χ0v) is 38.8. The summed E-state index contributed by atoms with van der Waals surface area (Å²) >= 11 is 0. The third-order valence-corrected chi connectivity index (χ3v) is 11.2. The van der Waals surface area contributed by atoms with Crippen molar-refractivity contribution < 1.29 is 58.3 Å². The zero-order chi connectivity index (χ0) is 45.5. The van der Waals surface area contributed by atoms with E-state index in [1.807, 2.05) is 0 Å². The van der Waals surface area contributed by atoms with Gasteiger partial charge in [-0.3, -0.25) is 13.8 Å². The first kappa shape index (κ1) is 57.5. The number of esters is 1. The lowest BCUT2D eigenvalue weighted by atomic mass is 9.85. The summed E-state index contributed by atoms with van der Waals surface area (Å²) in [4.78, 5) is 23.2. The number of aliphatic hydroxyl groups is 5. The number of aliphatic hydroxyl groups excluding tert-OH is 5. The van der Waals surface area contributed by atoms with Crippen LogP contribution in [-0.4, -0.2) is 98.9 Å². The van der Waals surface area contributed by atoms with Gasteiger partial charge in [0.05, 0.1) is 13.2 Å². The van der Waals surface area contributed by atoms with Gasteiger partial charge in [-0.1, -0.05) is 150 Å². The number of carbonyl (C=O) groups is 1. The molecule has 0 radical (unpaired) electrons. The summed E-state index contributed by atoms with van der Waals surface area (Å²) in [5.74, 6) is -0.498. The van der Waals surface area contributed by atoms with E-state index >= 15 is 0 Å². The lowest BCUT2D eigenvalue weighted by Gasteiger charge is -2.41. The Balaban J connectivity index is 2.40. The molecule has 0 saturated heterocycles. The SMILES string of the molecule is CC/C=C\C/C=C\C/C=C\C/C=C\CCCCCCCCCCC(=O)OC(COCCCCCC/C=C\C/C=C\C/C=C\CC)COP(=O)(O)OC1C(O)C(O)C(O)C(O)C1O. The van der Waals surface area contributed by atoms with Gasteiger partial charge < -0.3 is 39.9 Å². The predicted molar refractivity (Wildman–Crippen MR) is 248 cm³/mol. The molecule has 0 amide bonds. The molecule has 1 saturated carbocycles. The van der Waals surface area contributed by atoms with E-state index in [2.05, 4.69) is 98.9 Å². The van der Waals surface area contributed by atoms with Crippen LogP contribution in [0.3, 0.4) is 0 Å². The van der Waals surface area contributed by atoms with Crippen molar-refractivity contribution in [3.05, 3.63) is 85.1 Å². The van der Waals surface area contributed by atoms with Crippen molar-refractivity contribution in [1.82, 2.24) is 0 Å². The third kappa shape index (κ3) is 30.6. The molecule has 0 aliphatic heterocycles. The first-order valence-corrected chi connectivity index (χ1v) is 24.9. The van der Waals surface area contributed by atoms with E-state index in [1.165, 1.54) is 19.3 Å². The van der Waals surface area contributed by atoms with E-state index in [0.717, 1.165) is 109 Å². The van der Waals surface area contributed by atoms with E-state index in [4.69, 9.17) is 18.5 Å². The summed E-state index contributed by atoms with van der Waals surface area (Å²) in [5.41, 5.74) is 0. The van der Waals surface area contributed by atoms with Crippen LogP contribution in [0.15, 0.2) is 85.1 Å². The Hall–Kier alpha value is -2.48. The van der Waals surface area contributed by atoms with Gasteiger partial charge in [0.15, 0.2) is 0 Å². The molecule has 0 aromatic heterocycles. The topological polar surface area (TPSA) is 192 Å². The predicted octanol–water partition coefficient (Wildman–Crippen LogP) is 9.75. The lowest BCUT2D eigenvalue weighted by Crippen LogP contribution is -2.64. The first-order chi connectivity index (χ1) is 30.0. The van der Waals surface area contributed by atoms with Crippen LogP contribution < -0.4 is 0 Å². The monoisotopic (exact) mass is 895 g/mol. The summed E-state index contributed by atoms with van der Waals surface area (Å²) in [6.45, 7) is 3.96. The molecule has 6 atom stereocenters. The van der Waals surface area contributed by atoms with Gasteiger partial charge in [0.2, 0.25) is 0 Å². The fourth-order valence-corrected chi connectivity index (χ4v) is 7.57. The number of hydrogen-bond acceptors (Lipinski definition) is 11. The number of allylic oxidation sites excluding steroid dienone is 14. The van der Waals surface area contributed by atoms with Crippen molar-refractivity contribution in [2.45, 2.75) is 198 Å². The fraction of sp³-hybridized carbons (Fsp3) is 0.694. The zero-order valence-electron chi connectivity index (χ0n) is 37.9. The van der Waals surface area contributed by atoms with Crippen LogP contribution in [0.2, 0.25) is 0 Å². The van der Waals surface area contributed by atoms with Crippen LogP contribution in [-0.2, 0) is 27.9 Å². The van der Waals surface area contributed by atoms with Crippen LogP contribution in [0, 0.1) is 0 Å². The number of rotatable bonds is 38. The molecule has 0 bridgehead atoms. The van der Waals surface area contributed by atoms with Gasteiger partial charge in [-0.25, -0.2) is 4.57 Å². The van der Waals surface area contributed by atoms with Crippen LogP contribution >= 0.6 is 7.82 Å². The maximum absolute atomic E-state index is 12.8. The van der Waals surface area contributed by atoms with Crippen molar-refractivity contribution in [2.75, 3.05) is 19.8 Å². The molecule has 0 aromatic rings. The van der Waals surface area contributed by atoms with Gasteiger partial charge >= 0.3 is 13.8 Å². The smallest absolute Gasteiger partial charge is 0.457 e. The summed E-state index contributed by atoms with van der Waals surface area (Å²) in [6.07, 6.45) is 39.4. The highest BCUT2D eigenvalue weighted by Crippen LogP contribution is 2.47. The summed E-state index contributed by atoms with van der Waals surface area (Å²) in [7, 11) is -5.03. The highest BCUT2D eigenvalue weighted by atomic mass is 31.2. The summed E-state index contributed by atoms with van der Waals surface area (Å²) in [6, 6.07) is 0. The molecule has 1 aliphatic carbocycles. The molecule has 1 aliphatic rings. The molecule has 13 heteroatoms. The third-order valence-electron chi connectivity index (χ3n) is 10.3. The maximum atomic E-state index is 12.8. The van der Waals surface area contributed by atoms with E-state index in [-0.39, 0.29) is 13.0 Å². The van der Waals surface area contributed by atoms with Crippen LogP contribution in [0.4, 0.5) is 0 Å². The number of phosphoric acid groups is 1. The van der Waals surface area contributed by atoms with E-state index in [1.54, 1.807) is 0 Å². The molecule has 1 fully saturated rings. The molecule has 0 aromatic carbocycles. The van der Waals surface area contributed by atoms with Crippen molar-refractivity contribution in [3.8, 4) is 0 Å². The number of phosphoric ester groups is 1. The number of hydrogen-bond donors (Lipinski definition) is 6. The first-order valence-electron chi connectivity index (χ1n) is 23.4. The molecular formula is C49H83O12P. The van der Waals surface area contributed by atoms with Gasteiger partial charge in [-0.05, 0) is 83.5 Å². The molecule has 6 unspecified atom stereocenters. The molecule has 62 heavy (non-hydrogen) atoms. The molecule has 356 valence electrons. The summed E-state index contributed by atoms with van der Waals surface area (Å²) in [5, 5.41) is 50.2. The van der Waals surface area contributed by atoms with Crippen molar-refractivity contribution >= 4 is 13.8 Å². The minimum Gasteiger partial charge on any atom is -0.457 e. The van der Waals surface area contributed by atoms with Crippen molar-refractivity contribution in [2.24, 2.45) is 0 Å². The molecule has 0 heterocycles. The normalized spacial score (nSPS) is 22.8. The van der Waals surface area contributed by atoms with Gasteiger partial charge in [-0.2, -0.15) is 0 Å². The maximum Gasteiger partial charge on any atom is 0.472 e. The number of ether oxygens (including phenoxy) is 2. The average Bonchev–Trinajstić information content (AvgIpc) is 3.26. The Bertz CT molecular complexity index is 1340. The van der Waals surface area contributed by atoms with Gasteiger partial charge in [0.25, 0.3) is 0 Å². The second-order valence-corrected chi connectivity index (χ2v) is 17.2. The Kier molecular flexibility index (Phi) is 36.1. The number of carbonyl (C=O) groups excluding carboxylic acids is 1. The van der Waals surface area contributed by atoms with Gasteiger partial charge in [0.1, 0.15) is 42.7 Å². The summed E-state index contributed by atoms with van der Waals surface area (Å²) < 4.78 is 34.2. The van der Waals surface area contributed by atoms with E-state index < -0.39 is 63.1 Å². The Morgan fingerprint density at radius 1 is 0.516 bits per heavy atom.